The maximum atomic E-state index is 6.05. The molecule has 0 aliphatic carbocycles. The third kappa shape index (κ3) is 4.24. The first kappa shape index (κ1) is 13.1. The Morgan fingerprint density at radius 2 is 2.12 bits per heavy atom. The molecule has 0 bridgehead atoms. The number of hydrogen-bond donors (Lipinski definition) is 2. The molecule has 0 aliphatic rings. The summed E-state index contributed by atoms with van der Waals surface area (Å²) in [5, 5.41) is 0. The Morgan fingerprint density at radius 1 is 1.44 bits per heavy atom. The van der Waals surface area contributed by atoms with Gasteiger partial charge < -0.3 is 11.5 Å². The molecule has 0 heterocycles. The number of amidine groups is 1. The second-order valence-electron chi connectivity index (χ2n) is 4.43. The van der Waals surface area contributed by atoms with Crippen molar-refractivity contribution in [3.63, 3.8) is 0 Å². The summed E-state index contributed by atoms with van der Waals surface area (Å²) in [6.45, 7) is 5.79. The molecule has 0 atom stereocenters. The van der Waals surface area contributed by atoms with Crippen molar-refractivity contribution in [3.8, 4) is 0 Å². The number of benzene rings is 1. The highest BCUT2D eigenvalue weighted by molar-refractivity contribution is 7.97. The van der Waals surface area contributed by atoms with Crippen LogP contribution in [0, 0.1) is 0 Å². The van der Waals surface area contributed by atoms with E-state index in [9.17, 15) is 0 Å². The molecule has 0 amide bonds. The van der Waals surface area contributed by atoms with Crippen LogP contribution in [0.1, 0.15) is 31.9 Å². The van der Waals surface area contributed by atoms with Gasteiger partial charge in [-0.25, -0.2) is 4.40 Å². The average molecular weight is 237 g/mol. The van der Waals surface area contributed by atoms with E-state index in [1.54, 1.807) is 6.92 Å². The van der Waals surface area contributed by atoms with Gasteiger partial charge in [0, 0.05) is 11.3 Å². The van der Waals surface area contributed by atoms with Crippen LogP contribution in [0.3, 0.4) is 0 Å². The van der Waals surface area contributed by atoms with E-state index in [0.717, 1.165) is 11.3 Å². The number of hydrogen-bond acceptors (Lipinski definition) is 3. The molecule has 16 heavy (non-hydrogen) atoms. The smallest absolute Gasteiger partial charge is 0.104 e. The maximum absolute atomic E-state index is 6.05. The molecular weight excluding hydrogens is 218 g/mol. The van der Waals surface area contributed by atoms with Gasteiger partial charge in [0.05, 0.1) is 0 Å². The van der Waals surface area contributed by atoms with Gasteiger partial charge in [0.15, 0.2) is 0 Å². The van der Waals surface area contributed by atoms with Gasteiger partial charge in [0.1, 0.15) is 5.84 Å². The van der Waals surface area contributed by atoms with Crippen molar-refractivity contribution in [2.24, 2.45) is 15.9 Å². The van der Waals surface area contributed by atoms with Crippen molar-refractivity contribution in [1.29, 1.82) is 0 Å². The highest BCUT2D eigenvalue weighted by atomic mass is 32.2. The molecule has 3 nitrogen and oxygen atoms in total. The first-order valence-electron chi connectivity index (χ1n) is 5.20. The summed E-state index contributed by atoms with van der Waals surface area (Å²) in [5.41, 5.74) is 13.6. The molecule has 0 aliphatic heterocycles. The zero-order valence-electron chi connectivity index (χ0n) is 10.0. The second kappa shape index (κ2) is 5.37. The van der Waals surface area contributed by atoms with Gasteiger partial charge in [0.2, 0.25) is 0 Å². The van der Waals surface area contributed by atoms with Gasteiger partial charge in [-0.2, -0.15) is 0 Å². The van der Waals surface area contributed by atoms with Crippen molar-refractivity contribution >= 4 is 17.8 Å². The summed E-state index contributed by atoms with van der Waals surface area (Å²) in [6.07, 6.45) is 0. The van der Waals surface area contributed by atoms with E-state index in [4.69, 9.17) is 11.5 Å². The highest BCUT2D eigenvalue weighted by Crippen LogP contribution is 2.20. The highest BCUT2D eigenvalue weighted by Gasteiger charge is 2.13. The zero-order valence-corrected chi connectivity index (χ0v) is 10.8. The molecular formula is C12H19N3S. The molecule has 0 radical (unpaired) electrons. The predicted octanol–water partition coefficient (Wildman–Crippen LogP) is 2.41. The van der Waals surface area contributed by atoms with Crippen LogP contribution >= 0.6 is 11.9 Å². The summed E-state index contributed by atoms with van der Waals surface area (Å²) >= 11 is 1.46. The van der Waals surface area contributed by atoms with E-state index >= 15 is 0 Å². The van der Waals surface area contributed by atoms with Crippen LogP contribution in [0.4, 0.5) is 0 Å². The summed E-state index contributed by atoms with van der Waals surface area (Å²) < 4.78 is 4.09. The molecule has 4 heteroatoms. The quantitative estimate of drug-likeness (QED) is 0.480. The molecule has 1 aromatic rings. The SMILES string of the molecule is C/C(N)=N/SCc1cccc(C(C)(C)N)c1. The largest absolute Gasteiger partial charge is 0.387 e. The van der Waals surface area contributed by atoms with Crippen molar-refractivity contribution in [1.82, 2.24) is 0 Å². The fraction of sp³-hybridized carbons (Fsp3) is 0.417. The lowest BCUT2D eigenvalue weighted by atomic mass is 9.94. The fourth-order valence-electron chi connectivity index (χ4n) is 1.27. The first-order valence-corrected chi connectivity index (χ1v) is 6.14. The molecule has 88 valence electrons. The average Bonchev–Trinajstić information content (AvgIpc) is 2.16. The fourth-order valence-corrected chi connectivity index (χ4v) is 1.87. The molecule has 1 rings (SSSR count). The van der Waals surface area contributed by atoms with E-state index in [-0.39, 0.29) is 5.54 Å². The van der Waals surface area contributed by atoms with Crippen LogP contribution in [0.15, 0.2) is 28.7 Å². The van der Waals surface area contributed by atoms with Crippen LogP contribution < -0.4 is 11.5 Å². The summed E-state index contributed by atoms with van der Waals surface area (Å²) in [5.74, 6) is 1.42. The number of rotatable bonds is 4. The predicted molar refractivity (Wildman–Crippen MR) is 72.2 cm³/mol. The third-order valence-electron chi connectivity index (χ3n) is 2.11. The monoisotopic (exact) mass is 237 g/mol. The Morgan fingerprint density at radius 3 is 2.69 bits per heavy atom. The van der Waals surface area contributed by atoms with Gasteiger partial charge in [-0.05, 0) is 43.8 Å². The van der Waals surface area contributed by atoms with Crippen molar-refractivity contribution in [2.45, 2.75) is 32.1 Å². The van der Waals surface area contributed by atoms with E-state index in [1.807, 2.05) is 26.0 Å². The van der Waals surface area contributed by atoms with Crippen LogP contribution in [-0.4, -0.2) is 5.84 Å². The van der Waals surface area contributed by atoms with Crippen LogP contribution in [0.2, 0.25) is 0 Å². The van der Waals surface area contributed by atoms with E-state index in [1.165, 1.54) is 17.5 Å². The van der Waals surface area contributed by atoms with Gasteiger partial charge in [-0.15, -0.1) is 0 Å². The lowest BCUT2D eigenvalue weighted by molar-refractivity contribution is 0.554. The van der Waals surface area contributed by atoms with Gasteiger partial charge in [-0.3, -0.25) is 0 Å². The maximum Gasteiger partial charge on any atom is 0.104 e. The molecule has 0 saturated carbocycles. The summed E-state index contributed by atoms with van der Waals surface area (Å²) in [6, 6.07) is 8.27. The molecule has 0 saturated heterocycles. The number of nitrogens with zero attached hydrogens (tertiary/aromatic N) is 1. The van der Waals surface area contributed by atoms with Crippen LogP contribution in [0.5, 0.6) is 0 Å². The van der Waals surface area contributed by atoms with E-state index in [0.29, 0.717) is 5.84 Å². The Bertz CT molecular complexity index is 376. The summed E-state index contributed by atoms with van der Waals surface area (Å²) in [4.78, 5) is 0. The third-order valence-corrected chi connectivity index (χ3v) is 2.99. The van der Waals surface area contributed by atoms with E-state index < -0.39 is 0 Å². The normalized spacial score (nSPS) is 12.9. The molecule has 0 aromatic heterocycles. The second-order valence-corrected chi connectivity index (χ2v) is 5.16. The van der Waals surface area contributed by atoms with Crippen molar-refractivity contribution < 1.29 is 0 Å². The zero-order chi connectivity index (χ0) is 12.2. The van der Waals surface area contributed by atoms with E-state index in [2.05, 4.69) is 16.5 Å². The molecule has 0 unspecified atom stereocenters. The minimum atomic E-state index is -0.298. The van der Waals surface area contributed by atoms with Crippen molar-refractivity contribution in [2.75, 3.05) is 0 Å². The van der Waals surface area contributed by atoms with Crippen LogP contribution in [0.25, 0.3) is 0 Å². The minimum Gasteiger partial charge on any atom is -0.387 e. The molecule has 4 N–H and O–H groups in total. The Balaban J connectivity index is 2.72. The topological polar surface area (TPSA) is 64.4 Å². The lowest BCUT2D eigenvalue weighted by Gasteiger charge is -2.19. The standard InChI is InChI=1S/C12H19N3S/c1-9(13)15-16-8-10-5-4-6-11(7-10)12(2,3)14/h4-7H,8,14H2,1-3H3,(H2,13,15). The molecule has 1 aromatic carbocycles. The molecule has 0 spiro atoms. The number of nitrogens with two attached hydrogens (primary N) is 2. The minimum absolute atomic E-state index is 0.298. The van der Waals surface area contributed by atoms with Gasteiger partial charge in [-0.1, -0.05) is 24.3 Å². The van der Waals surface area contributed by atoms with Crippen LogP contribution in [-0.2, 0) is 11.3 Å². The van der Waals surface area contributed by atoms with Gasteiger partial charge >= 0.3 is 0 Å². The Labute approximate surface area is 101 Å². The van der Waals surface area contributed by atoms with Gasteiger partial charge in [0.25, 0.3) is 0 Å². The lowest BCUT2D eigenvalue weighted by Crippen LogP contribution is -2.28. The Kier molecular flexibility index (Phi) is 4.38. The summed E-state index contributed by atoms with van der Waals surface area (Å²) in [7, 11) is 0. The first-order chi connectivity index (χ1) is 7.39. The Hall–Kier alpha value is -1.00. The molecule has 0 fully saturated rings. The van der Waals surface area contributed by atoms with Crippen molar-refractivity contribution in [3.05, 3.63) is 35.4 Å².